The normalized spacial score (nSPS) is 17.6. The predicted molar refractivity (Wildman–Crippen MR) is 91.2 cm³/mol. The maximum absolute atomic E-state index is 12.3. The van der Waals surface area contributed by atoms with Crippen LogP contribution in [0, 0.1) is 5.92 Å². The largest absolute Gasteiger partial charge is 0.398 e. The smallest absolute Gasteiger partial charge is 0.241 e. The highest BCUT2D eigenvalue weighted by atomic mass is 32.2. The van der Waals surface area contributed by atoms with Crippen LogP contribution in [-0.4, -0.2) is 14.0 Å². The van der Waals surface area contributed by atoms with Gasteiger partial charge in [0.1, 0.15) is 0 Å². The van der Waals surface area contributed by atoms with E-state index in [2.05, 4.69) is 4.72 Å². The molecular weight excluding hydrogens is 296 g/mol. The molecule has 0 heterocycles. The van der Waals surface area contributed by atoms with Gasteiger partial charge in [-0.2, -0.15) is 0 Å². The minimum Gasteiger partial charge on any atom is -0.398 e. The van der Waals surface area contributed by atoms with Gasteiger partial charge >= 0.3 is 0 Å². The first kappa shape index (κ1) is 17.3. The van der Waals surface area contributed by atoms with Crippen LogP contribution in [0.4, 0.5) is 5.69 Å². The average molecular weight is 324 g/mol. The summed E-state index contributed by atoms with van der Waals surface area (Å²) in [6.45, 7) is 5.47. The van der Waals surface area contributed by atoms with Crippen LogP contribution in [-0.2, 0) is 16.4 Å². The van der Waals surface area contributed by atoms with Gasteiger partial charge in [-0.05, 0) is 50.8 Å². The topological polar surface area (TPSA) is 72.2 Å². The first-order valence-electron chi connectivity index (χ1n) is 8.10. The maximum Gasteiger partial charge on any atom is 0.241 e. The molecular formula is C17H28N2O2S. The van der Waals surface area contributed by atoms with E-state index in [1.54, 1.807) is 12.1 Å². The molecule has 0 unspecified atom stereocenters. The Balaban J connectivity index is 2.15. The third kappa shape index (κ3) is 4.71. The van der Waals surface area contributed by atoms with Crippen LogP contribution in [0.1, 0.15) is 58.4 Å². The fourth-order valence-electron chi connectivity index (χ4n) is 3.09. The second-order valence-electron chi connectivity index (χ2n) is 7.42. The molecule has 3 N–H and O–H groups in total. The van der Waals surface area contributed by atoms with E-state index < -0.39 is 15.6 Å². The van der Waals surface area contributed by atoms with Crippen molar-refractivity contribution >= 4 is 15.7 Å². The van der Waals surface area contributed by atoms with Crippen molar-refractivity contribution in [3.05, 3.63) is 23.8 Å². The molecule has 1 fully saturated rings. The molecule has 0 aromatic heterocycles. The number of nitrogens with two attached hydrogens (primary N) is 1. The lowest BCUT2D eigenvalue weighted by atomic mass is 9.84. The Hall–Kier alpha value is -1.07. The molecule has 0 amide bonds. The third-order valence-electron chi connectivity index (χ3n) is 4.10. The standard InChI is InChI=1S/C17H28N2O2S/c1-17(2,3)19-22(20,21)15-10-9-14(16(18)12-15)11-13-7-5-4-6-8-13/h9-10,12-13,19H,4-8,11,18H2,1-3H3. The van der Waals surface area contributed by atoms with Gasteiger partial charge in [-0.3, -0.25) is 0 Å². The summed E-state index contributed by atoms with van der Waals surface area (Å²) >= 11 is 0. The molecule has 1 aliphatic carbocycles. The molecule has 2 rings (SSSR count). The van der Waals surface area contributed by atoms with Gasteiger partial charge < -0.3 is 5.73 Å². The van der Waals surface area contributed by atoms with Gasteiger partial charge in [-0.15, -0.1) is 0 Å². The Bertz CT molecular complexity index is 612. The van der Waals surface area contributed by atoms with Gasteiger partial charge in [-0.25, -0.2) is 13.1 Å². The number of benzene rings is 1. The van der Waals surface area contributed by atoms with Crippen LogP contribution in [0.5, 0.6) is 0 Å². The molecule has 1 aromatic rings. The number of anilines is 1. The number of hydrogen-bond donors (Lipinski definition) is 2. The summed E-state index contributed by atoms with van der Waals surface area (Å²) in [6.07, 6.45) is 7.40. The molecule has 0 aliphatic heterocycles. The van der Waals surface area contributed by atoms with Crippen LogP contribution in [0.15, 0.2) is 23.1 Å². The van der Waals surface area contributed by atoms with Crippen molar-refractivity contribution in [3.63, 3.8) is 0 Å². The van der Waals surface area contributed by atoms with Gasteiger partial charge in [0.25, 0.3) is 0 Å². The highest BCUT2D eigenvalue weighted by Gasteiger charge is 2.23. The van der Waals surface area contributed by atoms with Gasteiger partial charge in [0.2, 0.25) is 10.0 Å². The average Bonchev–Trinajstić information content (AvgIpc) is 2.39. The number of hydrogen-bond acceptors (Lipinski definition) is 3. The Morgan fingerprint density at radius 2 is 1.82 bits per heavy atom. The van der Waals surface area contributed by atoms with Crippen molar-refractivity contribution in [2.75, 3.05) is 5.73 Å². The molecule has 5 heteroatoms. The highest BCUT2D eigenvalue weighted by Crippen LogP contribution is 2.29. The lowest BCUT2D eigenvalue weighted by Crippen LogP contribution is -2.40. The number of sulfonamides is 1. The predicted octanol–water partition coefficient (Wildman–Crippen LogP) is 3.47. The Morgan fingerprint density at radius 3 is 2.36 bits per heavy atom. The van der Waals surface area contributed by atoms with Crippen LogP contribution in [0.25, 0.3) is 0 Å². The van der Waals surface area contributed by atoms with Crippen molar-refractivity contribution in [1.82, 2.24) is 4.72 Å². The minimum absolute atomic E-state index is 0.243. The first-order valence-corrected chi connectivity index (χ1v) is 9.58. The second kappa shape index (κ2) is 6.59. The third-order valence-corrected chi connectivity index (χ3v) is 5.86. The van der Waals surface area contributed by atoms with Crippen molar-refractivity contribution in [2.24, 2.45) is 5.92 Å². The van der Waals surface area contributed by atoms with Crippen molar-refractivity contribution in [3.8, 4) is 0 Å². The second-order valence-corrected chi connectivity index (χ2v) is 9.11. The maximum atomic E-state index is 12.3. The van der Waals surface area contributed by atoms with E-state index in [-0.39, 0.29) is 4.90 Å². The summed E-state index contributed by atoms with van der Waals surface area (Å²) in [4.78, 5) is 0.243. The molecule has 4 nitrogen and oxygen atoms in total. The fraction of sp³-hybridized carbons (Fsp3) is 0.647. The van der Waals surface area contributed by atoms with Gasteiger partial charge in [-0.1, -0.05) is 38.2 Å². The lowest BCUT2D eigenvalue weighted by molar-refractivity contribution is 0.357. The van der Waals surface area contributed by atoms with Crippen molar-refractivity contribution in [2.45, 2.75) is 69.7 Å². The monoisotopic (exact) mass is 324 g/mol. The quantitative estimate of drug-likeness (QED) is 0.833. The summed E-state index contributed by atoms with van der Waals surface area (Å²) in [5.74, 6) is 0.686. The Morgan fingerprint density at radius 1 is 1.18 bits per heavy atom. The SMILES string of the molecule is CC(C)(C)NS(=O)(=O)c1ccc(CC2CCCCC2)c(N)c1. The summed E-state index contributed by atoms with van der Waals surface area (Å²) in [7, 11) is -3.52. The molecule has 0 saturated heterocycles. The van der Waals surface area contributed by atoms with Crippen LogP contribution < -0.4 is 10.5 Å². The molecule has 1 saturated carbocycles. The zero-order chi connectivity index (χ0) is 16.4. The fourth-order valence-corrected chi connectivity index (χ4v) is 4.54. The van der Waals surface area contributed by atoms with Crippen molar-refractivity contribution in [1.29, 1.82) is 0 Å². The molecule has 1 aliphatic rings. The van der Waals surface area contributed by atoms with E-state index in [4.69, 9.17) is 5.73 Å². The Kier molecular flexibility index (Phi) is 5.17. The summed E-state index contributed by atoms with van der Waals surface area (Å²) in [6, 6.07) is 5.13. The zero-order valence-corrected chi connectivity index (χ0v) is 14.7. The van der Waals surface area contributed by atoms with E-state index >= 15 is 0 Å². The summed E-state index contributed by atoms with van der Waals surface area (Å²) in [5.41, 5.74) is 7.26. The van der Waals surface area contributed by atoms with Crippen LogP contribution in [0.2, 0.25) is 0 Å². The summed E-state index contributed by atoms with van der Waals surface area (Å²) < 4.78 is 27.3. The van der Waals surface area contributed by atoms with E-state index in [0.29, 0.717) is 11.6 Å². The number of nitrogens with one attached hydrogen (secondary N) is 1. The molecule has 0 radical (unpaired) electrons. The molecule has 22 heavy (non-hydrogen) atoms. The van der Waals surface area contributed by atoms with Gasteiger partial charge in [0.15, 0.2) is 0 Å². The number of rotatable bonds is 4. The molecule has 0 bridgehead atoms. The van der Waals surface area contributed by atoms with Gasteiger partial charge in [0, 0.05) is 11.2 Å². The Labute approximate surface area is 134 Å². The molecule has 0 atom stereocenters. The molecule has 0 spiro atoms. The molecule has 1 aromatic carbocycles. The van der Waals surface area contributed by atoms with Crippen LogP contribution in [0.3, 0.4) is 0 Å². The summed E-state index contributed by atoms with van der Waals surface area (Å²) in [5, 5.41) is 0. The van der Waals surface area contributed by atoms with E-state index in [1.807, 2.05) is 26.8 Å². The van der Waals surface area contributed by atoms with E-state index in [0.717, 1.165) is 12.0 Å². The van der Waals surface area contributed by atoms with Crippen molar-refractivity contribution < 1.29 is 8.42 Å². The van der Waals surface area contributed by atoms with Crippen LogP contribution >= 0.6 is 0 Å². The van der Waals surface area contributed by atoms with Gasteiger partial charge in [0.05, 0.1) is 4.90 Å². The first-order chi connectivity index (χ1) is 10.2. The number of nitrogen functional groups attached to an aromatic ring is 1. The zero-order valence-electron chi connectivity index (χ0n) is 13.9. The lowest BCUT2D eigenvalue weighted by Gasteiger charge is -2.23. The molecule has 124 valence electrons. The highest BCUT2D eigenvalue weighted by molar-refractivity contribution is 7.89. The minimum atomic E-state index is -3.52. The van der Waals surface area contributed by atoms with E-state index in [1.165, 1.54) is 32.1 Å². The van der Waals surface area contributed by atoms with E-state index in [9.17, 15) is 8.42 Å².